The van der Waals surface area contributed by atoms with Gasteiger partial charge in [0.05, 0.1) is 0 Å². The molecule has 0 amide bonds. The van der Waals surface area contributed by atoms with E-state index in [0.717, 1.165) is 11.6 Å². The smallest absolute Gasteiger partial charge is 0.130 e. The normalized spacial score (nSPS) is 10.7. The Kier molecular flexibility index (Phi) is 4.75. The second-order valence-electron chi connectivity index (χ2n) is 4.04. The molecule has 2 aromatic carbocycles. The fourth-order valence-corrected chi connectivity index (χ4v) is 2.22. The predicted octanol–water partition coefficient (Wildman–Crippen LogP) is 4.56. The number of benzene rings is 2. The fourth-order valence-electron chi connectivity index (χ4n) is 1.69. The van der Waals surface area contributed by atoms with Gasteiger partial charge in [-0.15, -0.1) is 0 Å². The van der Waals surface area contributed by atoms with Crippen molar-refractivity contribution in [2.45, 2.75) is 13.1 Å². The molecule has 0 saturated carbocycles. The lowest BCUT2D eigenvalue weighted by Gasteiger charge is -2.09. The molecule has 0 unspecified atom stereocenters. The Balaban J connectivity index is 2.00. The van der Waals surface area contributed by atoms with E-state index in [2.05, 4.69) is 5.32 Å². The third-order valence-electron chi connectivity index (χ3n) is 2.69. The van der Waals surface area contributed by atoms with Gasteiger partial charge in [-0.05, 0) is 18.2 Å². The quantitative estimate of drug-likeness (QED) is 0.873. The number of rotatable bonds is 4. The van der Waals surface area contributed by atoms with Gasteiger partial charge >= 0.3 is 0 Å². The van der Waals surface area contributed by atoms with Gasteiger partial charge in [0.1, 0.15) is 11.6 Å². The summed E-state index contributed by atoms with van der Waals surface area (Å²) in [6.45, 7) is 0.684. The molecule has 0 aromatic heterocycles. The molecule has 0 aliphatic heterocycles. The predicted molar refractivity (Wildman–Crippen MR) is 73.4 cm³/mol. The SMILES string of the molecule is Fc1ccc(CNCc2c(Cl)cccc2Cl)c(F)c1. The van der Waals surface area contributed by atoms with Gasteiger partial charge in [0.2, 0.25) is 0 Å². The molecule has 0 bridgehead atoms. The van der Waals surface area contributed by atoms with Crippen LogP contribution in [0.4, 0.5) is 8.78 Å². The molecular weight excluding hydrogens is 291 g/mol. The van der Waals surface area contributed by atoms with Crippen LogP contribution in [0.25, 0.3) is 0 Å². The molecule has 100 valence electrons. The van der Waals surface area contributed by atoms with E-state index in [1.807, 2.05) is 0 Å². The first-order valence-corrected chi connectivity index (χ1v) is 6.41. The van der Waals surface area contributed by atoms with Gasteiger partial charge in [-0.1, -0.05) is 35.3 Å². The minimum atomic E-state index is -0.588. The Labute approximate surface area is 120 Å². The Morgan fingerprint density at radius 2 is 1.63 bits per heavy atom. The minimum absolute atomic E-state index is 0.271. The van der Waals surface area contributed by atoms with E-state index >= 15 is 0 Å². The van der Waals surface area contributed by atoms with E-state index in [4.69, 9.17) is 23.2 Å². The molecule has 0 radical (unpaired) electrons. The molecule has 19 heavy (non-hydrogen) atoms. The summed E-state index contributed by atoms with van der Waals surface area (Å²) in [7, 11) is 0. The van der Waals surface area contributed by atoms with Crippen molar-refractivity contribution < 1.29 is 8.78 Å². The largest absolute Gasteiger partial charge is 0.308 e. The summed E-state index contributed by atoms with van der Waals surface area (Å²) < 4.78 is 26.1. The lowest BCUT2D eigenvalue weighted by atomic mass is 10.2. The van der Waals surface area contributed by atoms with E-state index < -0.39 is 11.6 Å². The average molecular weight is 302 g/mol. The second kappa shape index (κ2) is 6.33. The number of nitrogens with one attached hydrogen (secondary N) is 1. The zero-order valence-electron chi connectivity index (χ0n) is 9.89. The topological polar surface area (TPSA) is 12.0 Å². The minimum Gasteiger partial charge on any atom is -0.308 e. The Bertz CT molecular complexity index is 567. The molecule has 0 aliphatic rings. The van der Waals surface area contributed by atoms with Gasteiger partial charge in [0.15, 0.2) is 0 Å². The maximum Gasteiger partial charge on any atom is 0.130 e. The molecule has 0 atom stereocenters. The van der Waals surface area contributed by atoms with Gasteiger partial charge in [0, 0.05) is 40.3 Å². The highest BCUT2D eigenvalue weighted by molar-refractivity contribution is 6.35. The van der Waals surface area contributed by atoms with Crippen molar-refractivity contribution in [2.24, 2.45) is 0 Å². The van der Waals surface area contributed by atoms with Crippen LogP contribution in [0, 0.1) is 11.6 Å². The molecule has 0 heterocycles. The first-order chi connectivity index (χ1) is 9.08. The van der Waals surface area contributed by atoms with E-state index in [-0.39, 0.29) is 6.54 Å². The Hall–Kier alpha value is -1.16. The van der Waals surface area contributed by atoms with Crippen molar-refractivity contribution in [1.82, 2.24) is 5.32 Å². The zero-order valence-corrected chi connectivity index (χ0v) is 11.4. The molecule has 1 nitrogen and oxygen atoms in total. The molecule has 2 rings (SSSR count). The van der Waals surface area contributed by atoms with Crippen LogP contribution in [0.3, 0.4) is 0 Å². The van der Waals surface area contributed by atoms with Crippen LogP contribution < -0.4 is 5.32 Å². The van der Waals surface area contributed by atoms with Crippen LogP contribution in [0.1, 0.15) is 11.1 Å². The lowest BCUT2D eigenvalue weighted by molar-refractivity contribution is 0.560. The van der Waals surface area contributed by atoms with Crippen molar-refractivity contribution in [3.8, 4) is 0 Å². The maximum atomic E-state index is 13.4. The zero-order chi connectivity index (χ0) is 13.8. The van der Waals surface area contributed by atoms with Crippen molar-refractivity contribution >= 4 is 23.2 Å². The number of hydrogen-bond acceptors (Lipinski definition) is 1. The van der Waals surface area contributed by atoms with Crippen LogP contribution in [0.15, 0.2) is 36.4 Å². The Morgan fingerprint density at radius 3 is 2.26 bits per heavy atom. The molecule has 0 aliphatic carbocycles. The van der Waals surface area contributed by atoms with Crippen molar-refractivity contribution in [2.75, 3.05) is 0 Å². The van der Waals surface area contributed by atoms with Gasteiger partial charge in [-0.25, -0.2) is 8.78 Å². The molecule has 5 heteroatoms. The first kappa shape index (κ1) is 14.3. The number of hydrogen-bond donors (Lipinski definition) is 1. The molecule has 2 aromatic rings. The maximum absolute atomic E-state index is 13.4. The highest BCUT2D eigenvalue weighted by atomic mass is 35.5. The lowest BCUT2D eigenvalue weighted by Crippen LogP contribution is -2.14. The van der Waals surface area contributed by atoms with Gasteiger partial charge in [-0.3, -0.25) is 0 Å². The van der Waals surface area contributed by atoms with E-state index in [1.165, 1.54) is 12.1 Å². The van der Waals surface area contributed by atoms with Crippen LogP contribution in [0.2, 0.25) is 10.0 Å². The summed E-state index contributed by atoms with van der Waals surface area (Å²) in [5.41, 5.74) is 1.15. The van der Waals surface area contributed by atoms with Crippen LogP contribution in [0.5, 0.6) is 0 Å². The van der Waals surface area contributed by atoms with Crippen LogP contribution >= 0.6 is 23.2 Å². The molecular formula is C14H11Cl2F2N. The summed E-state index contributed by atoms with van der Waals surface area (Å²) in [5.74, 6) is -1.16. The van der Waals surface area contributed by atoms with E-state index in [9.17, 15) is 8.78 Å². The molecule has 0 saturated heterocycles. The van der Waals surface area contributed by atoms with Crippen molar-refractivity contribution in [3.63, 3.8) is 0 Å². The highest BCUT2D eigenvalue weighted by Crippen LogP contribution is 2.24. The monoisotopic (exact) mass is 301 g/mol. The standard InChI is InChI=1S/C14H11Cl2F2N/c15-12-2-1-3-13(16)11(12)8-19-7-9-4-5-10(17)6-14(9)18/h1-6,19H,7-8H2. The summed E-state index contributed by atoms with van der Waals surface area (Å²) in [6, 6.07) is 8.73. The van der Waals surface area contributed by atoms with Crippen LogP contribution in [-0.4, -0.2) is 0 Å². The van der Waals surface area contributed by atoms with E-state index in [1.54, 1.807) is 18.2 Å². The van der Waals surface area contributed by atoms with Crippen molar-refractivity contribution in [1.29, 1.82) is 0 Å². The number of halogens is 4. The Morgan fingerprint density at radius 1 is 0.947 bits per heavy atom. The molecule has 0 spiro atoms. The summed E-state index contributed by atoms with van der Waals surface area (Å²) in [5, 5.41) is 4.14. The average Bonchev–Trinajstić information content (AvgIpc) is 2.35. The van der Waals surface area contributed by atoms with Crippen molar-refractivity contribution in [3.05, 3.63) is 69.2 Å². The second-order valence-corrected chi connectivity index (χ2v) is 4.85. The van der Waals surface area contributed by atoms with Gasteiger partial charge < -0.3 is 5.32 Å². The third-order valence-corrected chi connectivity index (χ3v) is 3.40. The third kappa shape index (κ3) is 3.66. The van der Waals surface area contributed by atoms with Gasteiger partial charge in [-0.2, -0.15) is 0 Å². The molecule has 1 N–H and O–H groups in total. The first-order valence-electron chi connectivity index (χ1n) is 5.65. The highest BCUT2D eigenvalue weighted by Gasteiger charge is 2.06. The summed E-state index contributed by atoms with van der Waals surface area (Å²) >= 11 is 12.0. The molecule has 0 fully saturated rings. The van der Waals surface area contributed by atoms with E-state index in [0.29, 0.717) is 22.2 Å². The fraction of sp³-hybridized carbons (Fsp3) is 0.143. The van der Waals surface area contributed by atoms with Crippen LogP contribution in [-0.2, 0) is 13.1 Å². The summed E-state index contributed by atoms with van der Waals surface area (Å²) in [6.07, 6.45) is 0. The van der Waals surface area contributed by atoms with Gasteiger partial charge in [0.25, 0.3) is 0 Å². The summed E-state index contributed by atoms with van der Waals surface area (Å²) in [4.78, 5) is 0.